The van der Waals surface area contributed by atoms with Crippen LogP contribution in [0.25, 0.3) is 0 Å². The van der Waals surface area contributed by atoms with E-state index < -0.39 is 0 Å². The van der Waals surface area contributed by atoms with Crippen molar-refractivity contribution in [1.29, 1.82) is 0 Å². The molecule has 0 aliphatic carbocycles. The first-order valence-corrected chi connectivity index (χ1v) is 7.64. The van der Waals surface area contributed by atoms with Crippen molar-refractivity contribution in [2.75, 3.05) is 13.1 Å². The van der Waals surface area contributed by atoms with Crippen LogP contribution in [0, 0.1) is 0 Å². The molecule has 0 spiro atoms. The molecule has 3 rings (SSSR count). The van der Waals surface area contributed by atoms with Crippen LogP contribution in [-0.2, 0) is 0 Å². The zero-order chi connectivity index (χ0) is 13.9. The summed E-state index contributed by atoms with van der Waals surface area (Å²) in [5.74, 6) is 1.97. The molecule has 2 heterocycles. The highest BCUT2D eigenvalue weighted by atomic mass is 16.5. The summed E-state index contributed by atoms with van der Waals surface area (Å²) >= 11 is 0. The van der Waals surface area contributed by atoms with Crippen LogP contribution in [0.1, 0.15) is 44.2 Å². The van der Waals surface area contributed by atoms with Gasteiger partial charge < -0.3 is 9.84 Å². The van der Waals surface area contributed by atoms with E-state index in [2.05, 4.69) is 23.1 Å². The number of piperidine rings is 1. The lowest BCUT2D eigenvalue weighted by molar-refractivity contribution is 0.167. The molecule has 1 fully saturated rings. The Kier molecular flexibility index (Phi) is 4.08. The van der Waals surface area contributed by atoms with Crippen LogP contribution in [0.15, 0.2) is 36.1 Å². The van der Waals surface area contributed by atoms with Crippen LogP contribution in [0.2, 0.25) is 0 Å². The standard InChI is InChI=1S/C17H23NO2/c1-13(19)9-10-16-17(18-11-5-2-6-12-18)14-7-3-4-8-15(14)20-16/h3-4,7-8,10,13,17,19H,2,5-6,9,11-12H2,1H3/b16-10-. The molecule has 20 heavy (non-hydrogen) atoms. The van der Waals surface area contributed by atoms with Crippen LogP contribution in [0.3, 0.4) is 0 Å². The number of para-hydroxylation sites is 1. The number of rotatable bonds is 3. The Bertz CT molecular complexity index is 490. The number of fused-ring (bicyclic) bond motifs is 1. The topological polar surface area (TPSA) is 32.7 Å². The molecule has 0 radical (unpaired) electrons. The van der Waals surface area contributed by atoms with E-state index in [0.717, 1.165) is 24.6 Å². The Morgan fingerprint density at radius 1 is 1.30 bits per heavy atom. The molecule has 2 unspecified atom stereocenters. The van der Waals surface area contributed by atoms with E-state index in [4.69, 9.17) is 4.74 Å². The third kappa shape index (κ3) is 2.74. The van der Waals surface area contributed by atoms with Gasteiger partial charge in [0, 0.05) is 5.56 Å². The highest BCUT2D eigenvalue weighted by molar-refractivity contribution is 5.45. The van der Waals surface area contributed by atoms with E-state index in [-0.39, 0.29) is 12.1 Å². The van der Waals surface area contributed by atoms with Crippen molar-refractivity contribution >= 4 is 0 Å². The molecule has 0 bridgehead atoms. The van der Waals surface area contributed by atoms with Crippen molar-refractivity contribution in [2.45, 2.75) is 44.8 Å². The van der Waals surface area contributed by atoms with Crippen molar-refractivity contribution in [3.63, 3.8) is 0 Å². The number of aliphatic hydroxyl groups is 1. The van der Waals surface area contributed by atoms with Crippen LogP contribution >= 0.6 is 0 Å². The highest BCUT2D eigenvalue weighted by Crippen LogP contribution is 2.43. The summed E-state index contributed by atoms with van der Waals surface area (Å²) in [5.41, 5.74) is 1.27. The van der Waals surface area contributed by atoms with E-state index in [9.17, 15) is 5.11 Å². The predicted molar refractivity (Wildman–Crippen MR) is 79.6 cm³/mol. The van der Waals surface area contributed by atoms with Crippen LogP contribution in [-0.4, -0.2) is 29.2 Å². The van der Waals surface area contributed by atoms with Crippen molar-refractivity contribution in [3.05, 3.63) is 41.7 Å². The summed E-state index contributed by atoms with van der Waals surface area (Å²) in [5, 5.41) is 9.51. The maximum atomic E-state index is 9.51. The number of nitrogens with zero attached hydrogens (tertiary/aromatic N) is 1. The minimum Gasteiger partial charge on any atom is -0.460 e. The molecule has 1 aromatic rings. The van der Waals surface area contributed by atoms with Crippen molar-refractivity contribution in [1.82, 2.24) is 4.90 Å². The Balaban J connectivity index is 1.89. The van der Waals surface area contributed by atoms with Gasteiger partial charge in [0.1, 0.15) is 11.5 Å². The van der Waals surface area contributed by atoms with Gasteiger partial charge in [-0.1, -0.05) is 24.6 Å². The SMILES string of the molecule is CC(O)C/C=C1\Oc2ccccc2C1N1CCCCC1. The highest BCUT2D eigenvalue weighted by Gasteiger charge is 2.34. The second-order valence-electron chi connectivity index (χ2n) is 5.83. The monoisotopic (exact) mass is 273 g/mol. The number of hydrogen-bond acceptors (Lipinski definition) is 3. The van der Waals surface area contributed by atoms with E-state index in [1.807, 2.05) is 19.1 Å². The molecule has 2 aliphatic rings. The van der Waals surface area contributed by atoms with E-state index >= 15 is 0 Å². The Morgan fingerprint density at radius 3 is 2.80 bits per heavy atom. The summed E-state index contributed by atoms with van der Waals surface area (Å²) in [4.78, 5) is 2.52. The smallest absolute Gasteiger partial charge is 0.132 e. The van der Waals surface area contributed by atoms with E-state index in [0.29, 0.717) is 6.42 Å². The van der Waals surface area contributed by atoms with E-state index in [1.165, 1.54) is 24.8 Å². The number of ether oxygens (including phenoxy) is 1. The van der Waals surface area contributed by atoms with Gasteiger partial charge in [-0.3, -0.25) is 4.90 Å². The fraction of sp³-hybridized carbons (Fsp3) is 0.529. The van der Waals surface area contributed by atoms with Gasteiger partial charge in [0.25, 0.3) is 0 Å². The molecular formula is C17H23NO2. The predicted octanol–water partition coefficient (Wildman–Crippen LogP) is 3.26. The molecule has 1 aromatic carbocycles. The van der Waals surface area contributed by atoms with Crippen LogP contribution in [0.5, 0.6) is 5.75 Å². The van der Waals surface area contributed by atoms with Crippen LogP contribution < -0.4 is 4.74 Å². The molecule has 0 saturated carbocycles. The fourth-order valence-corrected chi connectivity index (χ4v) is 3.13. The Hall–Kier alpha value is -1.32. The maximum Gasteiger partial charge on any atom is 0.132 e. The molecule has 3 heteroatoms. The molecule has 0 aromatic heterocycles. The quantitative estimate of drug-likeness (QED) is 0.917. The number of likely N-dealkylation sites (tertiary alicyclic amines) is 1. The van der Waals surface area contributed by atoms with Gasteiger partial charge in [0.15, 0.2) is 0 Å². The maximum absolute atomic E-state index is 9.51. The summed E-state index contributed by atoms with van der Waals surface area (Å²) in [7, 11) is 0. The lowest BCUT2D eigenvalue weighted by Crippen LogP contribution is -2.33. The van der Waals surface area contributed by atoms with Gasteiger partial charge in [-0.25, -0.2) is 0 Å². The molecule has 3 nitrogen and oxygen atoms in total. The van der Waals surface area contributed by atoms with Crippen LogP contribution in [0.4, 0.5) is 0 Å². The Labute approximate surface area is 120 Å². The summed E-state index contributed by atoms with van der Waals surface area (Å²) in [6.45, 7) is 4.08. The minimum atomic E-state index is -0.322. The number of aliphatic hydroxyl groups excluding tert-OH is 1. The molecule has 2 atom stereocenters. The largest absolute Gasteiger partial charge is 0.460 e. The summed E-state index contributed by atoms with van der Waals surface area (Å²) in [6, 6.07) is 8.54. The first kappa shape index (κ1) is 13.7. The zero-order valence-corrected chi connectivity index (χ0v) is 12.1. The zero-order valence-electron chi connectivity index (χ0n) is 12.1. The first-order valence-electron chi connectivity index (χ1n) is 7.64. The second-order valence-corrected chi connectivity index (χ2v) is 5.83. The molecular weight excluding hydrogens is 250 g/mol. The summed E-state index contributed by atoms with van der Waals surface area (Å²) in [6.07, 6.45) is 6.25. The van der Waals surface area contributed by atoms with Gasteiger partial charge >= 0.3 is 0 Å². The third-order valence-electron chi connectivity index (χ3n) is 4.13. The Morgan fingerprint density at radius 2 is 2.05 bits per heavy atom. The molecule has 108 valence electrons. The van der Waals surface area contributed by atoms with Crippen molar-refractivity contribution < 1.29 is 9.84 Å². The molecule has 1 N–H and O–H groups in total. The number of hydrogen-bond donors (Lipinski definition) is 1. The minimum absolute atomic E-state index is 0.241. The third-order valence-corrected chi connectivity index (χ3v) is 4.13. The molecule has 2 aliphatic heterocycles. The van der Waals surface area contributed by atoms with Gasteiger partial charge in [-0.2, -0.15) is 0 Å². The summed E-state index contributed by atoms with van der Waals surface area (Å²) < 4.78 is 6.03. The van der Waals surface area contributed by atoms with Gasteiger partial charge in [0.2, 0.25) is 0 Å². The second kappa shape index (κ2) is 5.98. The fourth-order valence-electron chi connectivity index (χ4n) is 3.13. The lowest BCUT2D eigenvalue weighted by Gasteiger charge is -2.32. The van der Waals surface area contributed by atoms with Crippen molar-refractivity contribution in [2.24, 2.45) is 0 Å². The molecule has 1 saturated heterocycles. The number of benzene rings is 1. The first-order chi connectivity index (χ1) is 9.75. The average Bonchev–Trinajstić information content (AvgIpc) is 2.84. The lowest BCUT2D eigenvalue weighted by atomic mass is 10.0. The van der Waals surface area contributed by atoms with Gasteiger partial charge in [-0.15, -0.1) is 0 Å². The van der Waals surface area contributed by atoms with E-state index in [1.54, 1.807) is 0 Å². The van der Waals surface area contributed by atoms with Crippen molar-refractivity contribution in [3.8, 4) is 5.75 Å². The van der Waals surface area contributed by atoms with Gasteiger partial charge in [-0.05, 0) is 51.4 Å². The molecule has 0 amide bonds. The van der Waals surface area contributed by atoms with Gasteiger partial charge in [0.05, 0.1) is 12.1 Å². The normalized spacial score (nSPS) is 26.3. The average molecular weight is 273 g/mol.